The molecule has 12 nitrogen and oxygen atoms in total. The Morgan fingerprint density at radius 1 is 0.955 bits per heavy atom. The Balaban J connectivity index is 1.40. The van der Waals surface area contributed by atoms with Crippen LogP contribution in [0, 0.1) is 0 Å². The quantitative estimate of drug-likeness (QED) is 0.240. The van der Waals surface area contributed by atoms with Gasteiger partial charge in [0.05, 0.1) is 47.1 Å². The van der Waals surface area contributed by atoms with Crippen LogP contribution in [0.2, 0.25) is 10.0 Å². The summed E-state index contributed by atoms with van der Waals surface area (Å²) in [6.45, 7) is 2.18. The summed E-state index contributed by atoms with van der Waals surface area (Å²) in [5.41, 5.74) is 4.11. The predicted octanol–water partition coefficient (Wildman–Crippen LogP) is 5.21. The molecule has 1 aliphatic rings. The first-order chi connectivity index (χ1) is 21.1. The third-order valence-corrected chi connectivity index (χ3v) is 9.68. The highest BCUT2D eigenvalue weighted by Crippen LogP contribution is 2.47. The fourth-order valence-corrected chi connectivity index (χ4v) is 7.06. The van der Waals surface area contributed by atoms with Crippen LogP contribution in [0.5, 0.6) is 11.5 Å². The van der Waals surface area contributed by atoms with Gasteiger partial charge in [-0.1, -0.05) is 23.2 Å². The second-order valence-corrected chi connectivity index (χ2v) is 13.2. The molecule has 3 aromatic heterocycles. The van der Waals surface area contributed by atoms with E-state index in [0.29, 0.717) is 73.8 Å². The van der Waals surface area contributed by atoms with Gasteiger partial charge in [-0.25, -0.2) is 18.4 Å². The molecule has 228 valence electrons. The molecule has 0 bridgehead atoms. The highest BCUT2D eigenvalue weighted by molar-refractivity contribution is 7.91. The SMILES string of the molecule is COc1cc(OC)c(Cl)c(-c2cc3cnc(Nc4ccc(N5CCS(=O)(=O)CC5)cc4NC(C)=O)nc3n3ccnc23)c1Cl. The van der Waals surface area contributed by atoms with Crippen LogP contribution in [-0.4, -0.2) is 72.5 Å². The third kappa shape index (κ3) is 5.53. The van der Waals surface area contributed by atoms with E-state index in [-0.39, 0.29) is 23.4 Å². The Bertz CT molecular complexity index is 2010. The number of rotatable bonds is 7. The number of ether oxygens (including phenoxy) is 2. The molecule has 1 aliphatic heterocycles. The molecule has 0 spiro atoms. The van der Waals surface area contributed by atoms with Crippen LogP contribution in [-0.2, 0) is 14.6 Å². The van der Waals surface area contributed by atoms with E-state index in [1.165, 1.54) is 21.1 Å². The molecular formula is C29H27Cl2N7O5S. The number of nitrogens with one attached hydrogen (secondary N) is 2. The Labute approximate surface area is 262 Å². The van der Waals surface area contributed by atoms with Gasteiger partial charge in [-0.05, 0) is 24.3 Å². The summed E-state index contributed by atoms with van der Waals surface area (Å²) in [6, 6.07) is 8.94. The highest BCUT2D eigenvalue weighted by atomic mass is 35.5. The zero-order valence-corrected chi connectivity index (χ0v) is 26.2. The minimum Gasteiger partial charge on any atom is -0.495 e. The van der Waals surface area contributed by atoms with Crippen LogP contribution < -0.4 is 25.0 Å². The molecule has 5 aromatic rings. The van der Waals surface area contributed by atoms with E-state index < -0.39 is 9.84 Å². The first kappa shape index (κ1) is 29.7. The first-order valence-corrected chi connectivity index (χ1v) is 16.0. The monoisotopic (exact) mass is 655 g/mol. The van der Waals surface area contributed by atoms with Gasteiger partial charge < -0.3 is 25.0 Å². The van der Waals surface area contributed by atoms with Gasteiger partial charge in [-0.3, -0.25) is 9.20 Å². The molecule has 15 heteroatoms. The standard InChI is InChI=1S/C29H27Cl2N7O5S/c1-16(39)34-21-13-18(37-8-10-44(40,41)11-9-37)4-5-20(21)35-29-33-15-17-12-19(28-32-6-7-38(28)27(17)36-29)24-25(30)22(42-2)14-23(43-3)26(24)31/h4-7,12-15H,8-11H2,1-3H3,(H,34,39)(H,33,35,36). The average molecular weight is 657 g/mol. The number of anilines is 4. The van der Waals surface area contributed by atoms with E-state index in [2.05, 4.69) is 20.6 Å². The van der Waals surface area contributed by atoms with Gasteiger partial charge in [0.15, 0.2) is 15.5 Å². The Hall–Kier alpha value is -4.33. The molecular weight excluding hydrogens is 629 g/mol. The minimum absolute atomic E-state index is 0.0849. The largest absolute Gasteiger partial charge is 0.495 e. The molecule has 2 N–H and O–H groups in total. The van der Waals surface area contributed by atoms with Crippen LogP contribution in [0.1, 0.15) is 6.92 Å². The number of benzene rings is 2. The van der Waals surface area contributed by atoms with E-state index in [1.54, 1.807) is 41.2 Å². The maximum atomic E-state index is 12.1. The lowest BCUT2D eigenvalue weighted by atomic mass is 10.0. The molecule has 4 heterocycles. The summed E-state index contributed by atoms with van der Waals surface area (Å²) in [5.74, 6) is 0.987. The number of halogens is 2. The number of aromatic nitrogens is 4. The Morgan fingerprint density at radius 3 is 2.32 bits per heavy atom. The third-order valence-electron chi connectivity index (χ3n) is 7.32. The van der Waals surface area contributed by atoms with Crippen molar-refractivity contribution >= 4 is 78.6 Å². The van der Waals surface area contributed by atoms with Gasteiger partial charge in [-0.15, -0.1) is 0 Å². The maximum absolute atomic E-state index is 12.1. The normalized spacial score (nSPS) is 14.5. The van der Waals surface area contributed by atoms with Crippen molar-refractivity contribution in [2.45, 2.75) is 6.92 Å². The molecule has 0 unspecified atom stereocenters. The number of amides is 1. The van der Waals surface area contributed by atoms with Crippen molar-refractivity contribution < 1.29 is 22.7 Å². The van der Waals surface area contributed by atoms with Crippen LogP contribution in [0.3, 0.4) is 0 Å². The van der Waals surface area contributed by atoms with Crippen LogP contribution in [0.4, 0.5) is 23.0 Å². The number of sulfone groups is 1. The zero-order chi connectivity index (χ0) is 31.2. The fraction of sp³-hybridized carbons (Fsp3) is 0.241. The lowest BCUT2D eigenvalue weighted by Crippen LogP contribution is -2.40. The first-order valence-electron chi connectivity index (χ1n) is 13.5. The van der Waals surface area contributed by atoms with Crippen molar-refractivity contribution in [2.24, 2.45) is 0 Å². The summed E-state index contributed by atoms with van der Waals surface area (Å²) in [7, 11) is -0.00896. The van der Waals surface area contributed by atoms with Crippen molar-refractivity contribution in [3.8, 4) is 22.6 Å². The Morgan fingerprint density at radius 2 is 1.66 bits per heavy atom. The molecule has 1 amide bonds. The van der Waals surface area contributed by atoms with E-state index >= 15 is 0 Å². The lowest BCUT2D eigenvalue weighted by molar-refractivity contribution is -0.114. The minimum atomic E-state index is -3.03. The highest BCUT2D eigenvalue weighted by Gasteiger charge is 2.24. The van der Waals surface area contributed by atoms with Crippen LogP contribution in [0.25, 0.3) is 27.8 Å². The van der Waals surface area contributed by atoms with Crippen molar-refractivity contribution in [3.63, 3.8) is 0 Å². The lowest BCUT2D eigenvalue weighted by Gasteiger charge is -2.29. The number of hydrogen-bond donors (Lipinski definition) is 2. The van der Waals surface area contributed by atoms with Crippen molar-refractivity contribution in [1.29, 1.82) is 0 Å². The van der Waals surface area contributed by atoms with E-state index in [4.69, 9.17) is 37.7 Å². The van der Waals surface area contributed by atoms with Gasteiger partial charge in [0.25, 0.3) is 0 Å². The van der Waals surface area contributed by atoms with Gasteiger partial charge >= 0.3 is 0 Å². The predicted molar refractivity (Wildman–Crippen MR) is 172 cm³/mol. The second kappa shape index (κ2) is 11.6. The fourth-order valence-electron chi connectivity index (χ4n) is 5.16. The summed E-state index contributed by atoms with van der Waals surface area (Å²) >= 11 is 13.5. The average Bonchev–Trinajstić information content (AvgIpc) is 3.49. The summed E-state index contributed by atoms with van der Waals surface area (Å²) in [6.07, 6.45) is 5.08. The number of hydrogen-bond acceptors (Lipinski definition) is 10. The zero-order valence-electron chi connectivity index (χ0n) is 23.9. The molecule has 0 radical (unpaired) electrons. The molecule has 0 saturated carbocycles. The summed E-state index contributed by atoms with van der Waals surface area (Å²) in [4.78, 5) is 27.9. The van der Waals surface area contributed by atoms with E-state index in [0.717, 1.165) is 5.69 Å². The smallest absolute Gasteiger partial charge is 0.229 e. The van der Waals surface area contributed by atoms with Crippen molar-refractivity contribution in [1.82, 2.24) is 19.4 Å². The maximum Gasteiger partial charge on any atom is 0.229 e. The molecule has 2 aromatic carbocycles. The number of carbonyl (C=O) groups is 1. The van der Waals surface area contributed by atoms with Crippen LogP contribution in [0.15, 0.2) is 48.9 Å². The van der Waals surface area contributed by atoms with E-state index in [9.17, 15) is 13.2 Å². The van der Waals surface area contributed by atoms with Gasteiger partial charge in [0.1, 0.15) is 17.1 Å². The van der Waals surface area contributed by atoms with Crippen molar-refractivity contribution in [2.75, 3.05) is 54.3 Å². The number of pyridine rings is 1. The molecule has 6 rings (SSSR count). The molecule has 1 saturated heterocycles. The topological polar surface area (TPSA) is 140 Å². The second-order valence-electron chi connectivity index (χ2n) is 10.1. The van der Waals surface area contributed by atoms with Gasteiger partial charge in [0.2, 0.25) is 11.9 Å². The number of imidazole rings is 1. The molecule has 44 heavy (non-hydrogen) atoms. The number of carbonyl (C=O) groups excluding carboxylic acids is 1. The van der Waals surface area contributed by atoms with Crippen molar-refractivity contribution in [3.05, 3.63) is 59.0 Å². The summed E-state index contributed by atoms with van der Waals surface area (Å²) in [5, 5.41) is 7.35. The molecule has 1 fully saturated rings. The molecule has 0 atom stereocenters. The number of fused-ring (bicyclic) bond motifs is 3. The summed E-state index contributed by atoms with van der Waals surface area (Å²) < 4.78 is 36.5. The number of methoxy groups -OCH3 is 2. The van der Waals surface area contributed by atoms with E-state index in [1.807, 2.05) is 17.0 Å². The van der Waals surface area contributed by atoms with Crippen LogP contribution >= 0.6 is 23.2 Å². The molecule has 0 aliphatic carbocycles. The van der Waals surface area contributed by atoms with Gasteiger partial charge in [0, 0.05) is 66.9 Å². The number of nitrogens with zero attached hydrogens (tertiary/aromatic N) is 5. The Kier molecular flexibility index (Phi) is 7.86. The van der Waals surface area contributed by atoms with Gasteiger partial charge in [-0.2, -0.15) is 4.98 Å².